The Kier molecular flexibility index (Phi) is 7.84. The summed E-state index contributed by atoms with van der Waals surface area (Å²) in [5.41, 5.74) is 4.38. The number of anilines is 1. The molecule has 8 heteroatoms. The summed E-state index contributed by atoms with van der Waals surface area (Å²) in [6.07, 6.45) is 0. The van der Waals surface area contributed by atoms with Crippen molar-refractivity contribution in [2.75, 3.05) is 10.1 Å². The molecule has 6 rings (SSSR count). The molecule has 5 aromatic carbocycles. The summed E-state index contributed by atoms with van der Waals surface area (Å²) in [4.78, 5) is 12.8. The van der Waals surface area contributed by atoms with Gasteiger partial charge in [-0.15, -0.1) is 11.8 Å². The van der Waals surface area contributed by atoms with Gasteiger partial charge in [0.1, 0.15) is 17.2 Å². The van der Waals surface area contributed by atoms with Crippen molar-refractivity contribution in [1.82, 2.24) is 0 Å². The number of carboxylic acid groups (broad SMARTS) is 1. The van der Waals surface area contributed by atoms with Crippen molar-refractivity contribution in [3.8, 4) is 0 Å². The molecule has 2 unspecified atom stereocenters. The van der Waals surface area contributed by atoms with Crippen LogP contribution in [0.15, 0.2) is 138 Å². The van der Waals surface area contributed by atoms with Gasteiger partial charge in [0.25, 0.3) is 0 Å². The van der Waals surface area contributed by atoms with Gasteiger partial charge in [0.2, 0.25) is 0 Å². The fourth-order valence-electron chi connectivity index (χ4n) is 5.43. The van der Waals surface area contributed by atoms with Crippen molar-refractivity contribution in [1.29, 1.82) is 0 Å². The first-order valence-corrected chi connectivity index (χ1v) is 15.3. The van der Waals surface area contributed by atoms with Crippen LogP contribution < -0.4 is 4.31 Å². The Balaban J connectivity index is 1.46. The number of hydrogen-bond acceptors (Lipinski definition) is 5. The molecule has 1 N–H and O–H groups in total. The molecule has 1 heterocycles. The van der Waals surface area contributed by atoms with Crippen LogP contribution in [0.5, 0.6) is 0 Å². The first kappa shape index (κ1) is 27.8. The topological polar surface area (TPSA) is 93.8 Å². The Labute approximate surface area is 250 Å². The molecular formula is C34H26NO5S2-. The molecule has 6 aromatic rings. The Hall–Kier alpha value is -4.37. The van der Waals surface area contributed by atoms with Gasteiger partial charge in [0.05, 0.1) is 10.4 Å². The molecule has 42 heavy (non-hydrogen) atoms. The van der Waals surface area contributed by atoms with Gasteiger partial charge in [-0.3, -0.25) is 8.51 Å². The van der Waals surface area contributed by atoms with E-state index < -0.39 is 28.0 Å². The van der Waals surface area contributed by atoms with Gasteiger partial charge in [-0.25, -0.2) is 4.79 Å². The number of thioether (sulfide) groups is 1. The predicted octanol–water partition coefficient (Wildman–Crippen LogP) is 7.37. The third kappa shape index (κ3) is 5.09. The number of rotatable bonds is 10. The highest BCUT2D eigenvalue weighted by Gasteiger charge is 2.39. The predicted molar refractivity (Wildman–Crippen MR) is 168 cm³/mol. The van der Waals surface area contributed by atoms with E-state index >= 15 is 0 Å². The van der Waals surface area contributed by atoms with Crippen LogP contribution >= 0.6 is 11.8 Å². The number of furan rings is 1. The van der Waals surface area contributed by atoms with Crippen LogP contribution in [0.25, 0.3) is 21.9 Å². The van der Waals surface area contributed by atoms with Crippen molar-refractivity contribution in [2.45, 2.75) is 10.8 Å². The van der Waals surface area contributed by atoms with Gasteiger partial charge >= 0.3 is 5.97 Å². The standard InChI is InChI=1S/C34H27NO5S2/c36-33(37)30(35(42(38)39)27-20-21-32-29(22-27)28-18-10-11-19-31(28)40-32)23-41-34(24-12-4-1-5-13-24,25-14-6-2-7-15-25)26-16-8-3-9-17-26/h1-22,30H,23H2,(H,36,37)(H,38,39)/p-1. The fourth-order valence-corrected chi connectivity index (χ4v) is 7.79. The van der Waals surface area contributed by atoms with E-state index in [-0.39, 0.29) is 11.4 Å². The number of fused-ring (bicyclic) bond motifs is 3. The molecule has 6 nitrogen and oxygen atoms in total. The van der Waals surface area contributed by atoms with Crippen LogP contribution in [0.4, 0.5) is 5.69 Å². The summed E-state index contributed by atoms with van der Waals surface area (Å²) in [6, 6.07) is 40.7. The number of para-hydroxylation sites is 1. The molecule has 210 valence electrons. The lowest BCUT2D eigenvalue weighted by Crippen LogP contribution is -2.45. The first-order valence-electron chi connectivity index (χ1n) is 13.3. The molecule has 0 aliphatic carbocycles. The molecule has 2 atom stereocenters. The van der Waals surface area contributed by atoms with Crippen molar-refractivity contribution in [3.05, 3.63) is 150 Å². The molecule has 0 aliphatic heterocycles. The highest BCUT2D eigenvalue weighted by Crippen LogP contribution is 2.49. The molecule has 1 aromatic heterocycles. The largest absolute Gasteiger partial charge is 0.755 e. The number of benzene rings is 5. The van der Waals surface area contributed by atoms with Gasteiger partial charge in [-0.05, 0) is 41.0 Å². The van der Waals surface area contributed by atoms with Crippen molar-refractivity contribution >= 4 is 56.6 Å². The Morgan fingerprint density at radius 1 is 0.762 bits per heavy atom. The van der Waals surface area contributed by atoms with Gasteiger partial charge in [-0.1, -0.05) is 109 Å². The number of carboxylic acids is 1. The summed E-state index contributed by atoms with van der Waals surface area (Å²) in [6.45, 7) is 0. The minimum atomic E-state index is -2.87. The fraction of sp³-hybridized carbons (Fsp3) is 0.0882. The maximum absolute atomic E-state index is 12.8. The Morgan fingerprint density at radius 3 is 1.79 bits per heavy atom. The molecule has 0 aliphatic rings. The van der Waals surface area contributed by atoms with Crippen molar-refractivity contribution in [3.63, 3.8) is 0 Å². The van der Waals surface area contributed by atoms with E-state index in [1.54, 1.807) is 18.2 Å². The molecular weight excluding hydrogens is 567 g/mol. The maximum atomic E-state index is 12.8. The third-order valence-corrected chi connectivity index (χ3v) is 9.75. The average Bonchev–Trinajstić information content (AvgIpc) is 3.40. The zero-order valence-electron chi connectivity index (χ0n) is 22.3. The quantitative estimate of drug-likeness (QED) is 0.132. The second-order valence-electron chi connectivity index (χ2n) is 9.77. The summed E-state index contributed by atoms with van der Waals surface area (Å²) in [7, 11) is 0. The summed E-state index contributed by atoms with van der Waals surface area (Å²) in [5, 5.41) is 12.0. The SMILES string of the molecule is O=C(O)C(CSC(c1ccccc1)(c1ccccc1)c1ccccc1)N(c1ccc2oc3ccccc3c2c1)S(=O)[O-]. The van der Waals surface area contributed by atoms with Gasteiger partial charge in [0, 0.05) is 27.8 Å². The van der Waals surface area contributed by atoms with Gasteiger partial charge in [0.15, 0.2) is 0 Å². The van der Waals surface area contributed by atoms with E-state index in [1.165, 1.54) is 11.8 Å². The van der Waals surface area contributed by atoms with E-state index in [0.29, 0.717) is 16.6 Å². The lowest BCUT2D eigenvalue weighted by molar-refractivity contribution is -0.137. The molecule has 0 saturated heterocycles. The lowest BCUT2D eigenvalue weighted by Gasteiger charge is -2.38. The molecule has 0 fully saturated rings. The second-order valence-corrected chi connectivity index (χ2v) is 11.8. The summed E-state index contributed by atoms with van der Waals surface area (Å²) < 4.78 is 31.5. The molecule has 0 saturated carbocycles. The number of hydrogen-bond donors (Lipinski definition) is 1. The molecule has 0 radical (unpaired) electrons. The van der Waals surface area contributed by atoms with Crippen LogP contribution in [-0.2, 0) is 20.8 Å². The third-order valence-electron chi connectivity index (χ3n) is 7.34. The van der Waals surface area contributed by atoms with Crippen molar-refractivity contribution < 1.29 is 23.1 Å². The molecule has 0 spiro atoms. The Morgan fingerprint density at radius 2 is 1.26 bits per heavy atom. The van der Waals surface area contributed by atoms with Crippen LogP contribution in [0.3, 0.4) is 0 Å². The molecule has 0 amide bonds. The van der Waals surface area contributed by atoms with Crippen LogP contribution in [-0.4, -0.2) is 31.6 Å². The second kappa shape index (κ2) is 11.9. The van der Waals surface area contributed by atoms with E-state index in [0.717, 1.165) is 26.4 Å². The van der Waals surface area contributed by atoms with E-state index in [1.807, 2.05) is 115 Å². The zero-order chi connectivity index (χ0) is 29.1. The smallest absolute Gasteiger partial charge is 0.328 e. The first-order chi connectivity index (χ1) is 20.5. The molecule has 0 bridgehead atoms. The minimum absolute atomic E-state index is 0.0355. The van der Waals surface area contributed by atoms with E-state index in [9.17, 15) is 18.7 Å². The summed E-state index contributed by atoms with van der Waals surface area (Å²) >= 11 is -1.47. The average molecular weight is 593 g/mol. The van der Waals surface area contributed by atoms with Gasteiger partial charge in [-0.2, -0.15) is 0 Å². The van der Waals surface area contributed by atoms with Crippen LogP contribution in [0.2, 0.25) is 0 Å². The Bertz CT molecular complexity index is 1760. The minimum Gasteiger partial charge on any atom is -0.755 e. The number of nitrogens with zero attached hydrogens (tertiary/aromatic N) is 1. The normalized spacial score (nSPS) is 13.2. The van der Waals surface area contributed by atoms with Gasteiger partial charge < -0.3 is 14.1 Å². The highest BCUT2D eigenvalue weighted by atomic mass is 32.2. The number of aliphatic carboxylic acids is 1. The zero-order valence-corrected chi connectivity index (χ0v) is 24.0. The van der Waals surface area contributed by atoms with Crippen LogP contribution in [0, 0.1) is 0 Å². The highest BCUT2D eigenvalue weighted by molar-refractivity contribution is 8.00. The van der Waals surface area contributed by atoms with Crippen molar-refractivity contribution in [2.24, 2.45) is 0 Å². The monoisotopic (exact) mass is 592 g/mol. The number of carbonyl (C=O) groups is 1. The van der Waals surface area contributed by atoms with E-state index in [4.69, 9.17) is 4.42 Å². The summed E-state index contributed by atoms with van der Waals surface area (Å²) in [5.74, 6) is -1.28. The lowest BCUT2D eigenvalue weighted by atomic mass is 9.84. The van der Waals surface area contributed by atoms with E-state index in [2.05, 4.69) is 0 Å². The maximum Gasteiger partial charge on any atom is 0.328 e. The van der Waals surface area contributed by atoms with Crippen LogP contribution in [0.1, 0.15) is 16.7 Å².